The van der Waals surface area contributed by atoms with E-state index in [2.05, 4.69) is 45.3 Å². The first-order valence-electron chi connectivity index (χ1n) is 9.89. The van der Waals surface area contributed by atoms with Crippen molar-refractivity contribution in [2.24, 2.45) is 11.1 Å². The van der Waals surface area contributed by atoms with Crippen molar-refractivity contribution >= 4 is 12.1 Å². The van der Waals surface area contributed by atoms with E-state index >= 15 is 0 Å². The molecule has 148 valence electrons. The first kappa shape index (κ1) is 20.1. The molecule has 1 unspecified atom stereocenters. The van der Waals surface area contributed by atoms with Crippen LogP contribution in [0.15, 0.2) is 53.7 Å². The zero-order valence-corrected chi connectivity index (χ0v) is 16.7. The Morgan fingerprint density at radius 3 is 2.68 bits per heavy atom. The fraction of sp³-hybridized carbons (Fsp3) is 0.391. The molecule has 1 aliphatic heterocycles. The SMILES string of the molecule is CO/N=C/c1ccc(C(=O)NCc2ccccc2CN2CCCC(C)C2)cc1. The maximum absolute atomic E-state index is 12.5. The van der Waals surface area contributed by atoms with Crippen molar-refractivity contribution in [3.05, 3.63) is 70.8 Å². The molecule has 1 saturated heterocycles. The van der Waals surface area contributed by atoms with Crippen molar-refractivity contribution < 1.29 is 9.63 Å². The Morgan fingerprint density at radius 2 is 1.96 bits per heavy atom. The highest BCUT2D eigenvalue weighted by Gasteiger charge is 2.17. The lowest BCUT2D eigenvalue weighted by Gasteiger charge is -2.31. The van der Waals surface area contributed by atoms with E-state index in [0.717, 1.165) is 31.1 Å². The summed E-state index contributed by atoms with van der Waals surface area (Å²) in [5.74, 6) is 0.689. The molecule has 2 aromatic carbocycles. The monoisotopic (exact) mass is 379 g/mol. The predicted molar refractivity (Wildman–Crippen MR) is 112 cm³/mol. The normalized spacial score (nSPS) is 17.6. The minimum Gasteiger partial charge on any atom is -0.399 e. The Labute approximate surface area is 167 Å². The molecule has 3 rings (SSSR count). The highest BCUT2D eigenvalue weighted by molar-refractivity contribution is 5.95. The molecule has 5 heteroatoms. The minimum absolute atomic E-state index is 0.0726. The molecule has 1 atom stereocenters. The Hall–Kier alpha value is -2.66. The summed E-state index contributed by atoms with van der Waals surface area (Å²) in [4.78, 5) is 19.7. The molecule has 5 nitrogen and oxygen atoms in total. The lowest BCUT2D eigenvalue weighted by Crippen LogP contribution is -2.34. The van der Waals surface area contributed by atoms with Gasteiger partial charge in [0.2, 0.25) is 0 Å². The van der Waals surface area contributed by atoms with Crippen LogP contribution in [0.25, 0.3) is 0 Å². The van der Waals surface area contributed by atoms with Crippen LogP contribution in [0.4, 0.5) is 0 Å². The largest absolute Gasteiger partial charge is 0.399 e. The molecular weight excluding hydrogens is 350 g/mol. The molecular formula is C23H29N3O2. The highest BCUT2D eigenvalue weighted by atomic mass is 16.6. The van der Waals surface area contributed by atoms with Gasteiger partial charge in [-0.2, -0.15) is 0 Å². The zero-order chi connectivity index (χ0) is 19.8. The van der Waals surface area contributed by atoms with Crippen LogP contribution < -0.4 is 5.32 Å². The zero-order valence-electron chi connectivity index (χ0n) is 16.7. The Kier molecular flexibility index (Phi) is 7.20. The maximum atomic E-state index is 12.5. The number of benzene rings is 2. The summed E-state index contributed by atoms with van der Waals surface area (Å²) >= 11 is 0. The van der Waals surface area contributed by atoms with Crippen molar-refractivity contribution in [2.45, 2.75) is 32.9 Å². The van der Waals surface area contributed by atoms with Gasteiger partial charge in [0.1, 0.15) is 7.11 Å². The van der Waals surface area contributed by atoms with E-state index in [4.69, 9.17) is 0 Å². The number of hydrogen-bond donors (Lipinski definition) is 1. The number of oxime groups is 1. The van der Waals surface area contributed by atoms with Gasteiger partial charge in [0.25, 0.3) is 5.91 Å². The van der Waals surface area contributed by atoms with Gasteiger partial charge in [-0.15, -0.1) is 0 Å². The molecule has 0 aliphatic carbocycles. The van der Waals surface area contributed by atoms with Crippen molar-refractivity contribution in [3.8, 4) is 0 Å². The number of carbonyl (C=O) groups excluding carboxylic acids is 1. The number of hydrogen-bond acceptors (Lipinski definition) is 4. The fourth-order valence-corrected chi connectivity index (χ4v) is 3.67. The number of nitrogens with zero attached hydrogens (tertiary/aromatic N) is 2. The summed E-state index contributed by atoms with van der Waals surface area (Å²) in [6, 6.07) is 15.7. The third kappa shape index (κ3) is 5.67. The van der Waals surface area contributed by atoms with E-state index in [0.29, 0.717) is 12.1 Å². The molecule has 1 amide bonds. The van der Waals surface area contributed by atoms with Gasteiger partial charge >= 0.3 is 0 Å². The van der Waals surface area contributed by atoms with Gasteiger partial charge in [0.05, 0.1) is 6.21 Å². The highest BCUT2D eigenvalue weighted by Crippen LogP contribution is 2.19. The molecule has 2 aromatic rings. The number of amides is 1. The quantitative estimate of drug-likeness (QED) is 0.588. The molecule has 1 heterocycles. The minimum atomic E-state index is -0.0726. The van der Waals surface area contributed by atoms with Crippen LogP contribution >= 0.6 is 0 Å². The van der Waals surface area contributed by atoms with E-state index in [1.165, 1.54) is 31.1 Å². The summed E-state index contributed by atoms with van der Waals surface area (Å²) in [6.45, 7) is 6.11. The van der Waals surface area contributed by atoms with E-state index in [1.54, 1.807) is 18.3 Å². The molecule has 0 spiro atoms. The van der Waals surface area contributed by atoms with Gasteiger partial charge in [-0.3, -0.25) is 9.69 Å². The lowest BCUT2D eigenvalue weighted by atomic mass is 9.99. The summed E-state index contributed by atoms with van der Waals surface area (Å²) in [5.41, 5.74) is 4.00. The molecule has 28 heavy (non-hydrogen) atoms. The fourth-order valence-electron chi connectivity index (χ4n) is 3.67. The molecule has 0 saturated carbocycles. The van der Waals surface area contributed by atoms with E-state index in [1.807, 2.05) is 18.2 Å². The second-order valence-electron chi connectivity index (χ2n) is 7.47. The molecule has 1 fully saturated rings. The number of piperidine rings is 1. The van der Waals surface area contributed by atoms with Gasteiger partial charge in [0, 0.05) is 25.2 Å². The second-order valence-corrected chi connectivity index (χ2v) is 7.47. The van der Waals surface area contributed by atoms with Gasteiger partial charge < -0.3 is 10.2 Å². The van der Waals surface area contributed by atoms with E-state index in [-0.39, 0.29) is 5.91 Å². The summed E-state index contributed by atoms with van der Waals surface area (Å²) < 4.78 is 0. The summed E-state index contributed by atoms with van der Waals surface area (Å²) in [7, 11) is 1.50. The first-order valence-corrected chi connectivity index (χ1v) is 9.89. The smallest absolute Gasteiger partial charge is 0.251 e. The Balaban J connectivity index is 1.59. The van der Waals surface area contributed by atoms with E-state index in [9.17, 15) is 4.79 Å². The van der Waals surface area contributed by atoms with Crippen molar-refractivity contribution in [1.29, 1.82) is 0 Å². The van der Waals surface area contributed by atoms with Gasteiger partial charge in [0.15, 0.2) is 0 Å². The average molecular weight is 380 g/mol. The molecule has 1 N–H and O–H groups in total. The van der Waals surface area contributed by atoms with Crippen LogP contribution in [-0.4, -0.2) is 37.2 Å². The van der Waals surface area contributed by atoms with Crippen molar-refractivity contribution in [1.82, 2.24) is 10.2 Å². The van der Waals surface area contributed by atoms with E-state index < -0.39 is 0 Å². The number of rotatable bonds is 7. The Morgan fingerprint density at radius 1 is 1.21 bits per heavy atom. The summed E-state index contributed by atoms with van der Waals surface area (Å²) in [5, 5.41) is 6.77. The standard InChI is InChI=1S/C23H29N3O2/c1-18-6-5-13-26(16-18)17-22-8-4-3-7-21(22)15-24-23(27)20-11-9-19(10-12-20)14-25-28-2/h3-4,7-12,14,18H,5-6,13,15-17H2,1-2H3,(H,24,27)/b25-14+. The number of carbonyl (C=O) groups is 1. The van der Waals surface area contributed by atoms with Crippen LogP contribution in [0.1, 0.15) is 46.8 Å². The van der Waals surface area contributed by atoms with Gasteiger partial charge in [-0.1, -0.05) is 48.5 Å². The molecule has 0 radical (unpaired) electrons. The second kappa shape index (κ2) is 10.0. The third-order valence-electron chi connectivity index (χ3n) is 5.17. The summed E-state index contributed by atoms with van der Waals surface area (Å²) in [6.07, 6.45) is 4.20. The predicted octanol–water partition coefficient (Wildman–Crippen LogP) is 3.83. The molecule has 0 bridgehead atoms. The van der Waals surface area contributed by atoms with Crippen LogP contribution in [0, 0.1) is 5.92 Å². The first-order chi connectivity index (χ1) is 13.7. The average Bonchev–Trinajstić information content (AvgIpc) is 2.72. The third-order valence-corrected chi connectivity index (χ3v) is 5.17. The molecule has 1 aliphatic rings. The van der Waals surface area contributed by atoms with Crippen LogP contribution in [0.5, 0.6) is 0 Å². The molecule has 0 aromatic heterocycles. The van der Waals surface area contributed by atoms with Crippen molar-refractivity contribution in [3.63, 3.8) is 0 Å². The topological polar surface area (TPSA) is 53.9 Å². The maximum Gasteiger partial charge on any atom is 0.251 e. The van der Waals surface area contributed by atoms with Crippen molar-refractivity contribution in [2.75, 3.05) is 20.2 Å². The van der Waals surface area contributed by atoms with Crippen LogP contribution in [-0.2, 0) is 17.9 Å². The number of nitrogens with one attached hydrogen (secondary N) is 1. The lowest BCUT2D eigenvalue weighted by molar-refractivity contribution is 0.0950. The Bertz CT molecular complexity index is 802. The van der Waals surface area contributed by atoms with Gasteiger partial charge in [-0.25, -0.2) is 0 Å². The van der Waals surface area contributed by atoms with Gasteiger partial charge in [-0.05, 0) is 54.1 Å². The van der Waals surface area contributed by atoms with Crippen LogP contribution in [0.2, 0.25) is 0 Å². The number of likely N-dealkylation sites (tertiary alicyclic amines) is 1. The van der Waals surface area contributed by atoms with Crippen LogP contribution in [0.3, 0.4) is 0 Å².